The van der Waals surface area contributed by atoms with Gasteiger partial charge in [0, 0.05) is 47.0 Å². The third-order valence-corrected chi connectivity index (χ3v) is 5.01. The Morgan fingerprint density at radius 2 is 0.933 bits per heavy atom. The Hall–Kier alpha value is -3.92. The lowest BCUT2D eigenvalue weighted by Gasteiger charge is -2.15. The molecule has 4 rings (SSSR count). The van der Waals surface area contributed by atoms with E-state index in [0.717, 1.165) is 22.3 Å². The van der Waals surface area contributed by atoms with Crippen molar-refractivity contribution in [3.63, 3.8) is 0 Å². The lowest BCUT2D eigenvalue weighted by Crippen LogP contribution is -2.08. The minimum absolute atomic E-state index is 0.0982. The molecule has 4 nitrogen and oxygen atoms in total. The average molecular weight is 392 g/mol. The number of ketones is 2. The van der Waals surface area contributed by atoms with Crippen molar-refractivity contribution < 1.29 is 9.59 Å². The number of hydrogen-bond donors (Lipinski definition) is 0. The molecule has 0 atom stereocenters. The van der Waals surface area contributed by atoms with E-state index in [9.17, 15) is 9.59 Å². The molecule has 0 fully saturated rings. The summed E-state index contributed by atoms with van der Waals surface area (Å²) in [7, 11) is 0. The highest BCUT2D eigenvalue weighted by molar-refractivity contribution is 6.17. The van der Waals surface area contributed by atoms with Gasteiger partial charge >= 0.3 is 0 Å². The highest BCUT2D eigenvalue weighted by Crippen LogP contribution is 2.31. The number of aromatic nitrogens is 2. The maximum atomic E-state index is 13.3. The molecule has 0 saturated heterocycles. The minimum Gasteiger partial charge on any atom is -0.289 e. The lowest BCUT2D eigenvalue weighted by molar-refractivity contribution is 0.102. The van der Waals surface area contributed by atoms with Gasteiger partial charge in [0.15, 0.2) is 11.6 Å². The van der Waals surface area contributed by atoms with Crippen LogP contribution in [0.15, 0.2) is 85.5 Å². The molecule has 146 valence electrons. The van der Waals surface area contributed by atoms with Gasteiger partial charge in [0.2, 0.25) is 0 Å². The molecule has 0 bridgehead atoms. The lowest BCUT2D eigenvalue weighted by atomic mass is 9.87. The molecule has 2 aromatic heterocycles. The summed E-state index contributed by atoms with van der Waals surface area (Å²) in [5.41, 5.74) is 5.68. The van der Waals surface area contributed by atoms with E-state index < -0.39 is 0 Å². The zero-order valence-corrected chi connectivity index (χ0v) is 16.8. The summed E-state index contributed by atoms with van der Waals surface area (Å²) >= 11 is 0. The summed E-state index contributed by atoms with van der Waals surface area (Å²) in [6.07, 6.45) is 6.42. The van der Waals surface area contributed by atoms with Gasteiger partial charge in [-0.05, 0) is 61.4 Å². The smallest absolute Gasteiger partial charge is 0.193 e. The molecule has 0 aliphatic rings. The van der Waals surface area contributed by atoms with E-state index in [1.165, 1.54) is 0 Å². The number of benzene rings is 2. The van der Waals surface area contributed by atoms with E-state index in [0.29, 0.717) is 22.3 Å². The number of hydrogen-bond acceptors (Lipinski definition) is 4. The predicted molar refractivity (Wildman–Crippen MR) is 117 cm³/mol. The second-order valence-corrected chi connectivity index (χ2v) is 7.23. The van der Waals surface area contributed by atoms with Gasteiger partial charge in [-0.15, -0.1) is 0 Å². The van der Waals surface area contributed by atoms with Crippen molar-refractivity contribution >= 4 is 11.6 Å². The van der Waals surface area contributed by atoms with Crippen molar-refractivity contribution in [1.82, 2.24) is 9.97 Å². The van der Waals surface area contributed by atoms with Crippen LogP contribution in [0.25, 0.3) is 11.1 Å². The second kappa shape index (κ2) is 8.21. The Morgan fingerprint density at radius 3 is 1.30 bits per heavy atom. The summed E-state index contributed by atoms with van der Waals surface area (Å²) in [5.74, 6) is -0.196. The Balaban J connectivity index is 1.90. The monoisotopic (exact) mass is 392 g/mol. The zero-order valence-electron chi connectivity index (χ0n) is 16.8. The summed E-state index contributed by atoms with van der Waals surface area (Å²) < 4.78 is 0. The van der Waals surface area contributed by atoms with Gasteiger partial charge in [-0.2, -0.15) is 0 Å². The molecule has 4 heteroatoms. The van der Waals surface area contributed by atoms with Crippen LogP contribution < -0.4 is 0 Å². The molecule has 4 aromatic rings. The van der Waals surface area contributed by atoms with Crippen LogP contribution in [0, 0.1) is 13.8 Å². The van der Waals surface area contributed by atoms with Gasteiger partial charge in [-0.1, -0.05) is 35.4 Å². The van der Waals surface area contributed by atoms with Gasteiger partial charge < -0.3 is 0 Å². The largest absolute Gasteiger partial charge is 0.289 e. The number of nitrogens with zero attached hydrogens (tertiary/aromatic N) is 2. The fourth-order valence-electron chi connectivity index (χ4n) is 3.48. The molecule has 0 aliphatic heterocycles. The maximum absolute atomic E-state index is 13.3. The molecule has 2 aromatic carbocycles. The van der Waals surface area contributed by atoms with Crippen LogP contribution in [0.2, 0.25) is 0 Å². The van der Waals surface area contributed by atoms with E-state index in [4.69, 9.17) is 0 Å². The van der Waals surface area contributed by atoms with Crippen LogP contribution in [0.5, 0.6) is 0 Å². The fraction of sp³-hybridized carbons (Fsp3) is 0.0769. The molecule has 0 N–H and O–H groups in total. The molecule has 0 spiro atoms. The summed E-state index contributed by atoms with van der Waals surface area (Å²) in [6.45, 7) is 3.90. The Morgan fingerprint density at radius 1 is 0.567 bits per heavy atom. The van der Waals surface area contributed by atoms with Crippen molar-refractivity contribution in [2.75, 3.05) is 0 Å². The van der Waals surface area contributed by atoms with Gasteiger partial charge in [0.25, 0.3) is 0 Å². The number of aryl methyl sites for hydroxylation is 2. The first-order valence-corrected chi connectivity index (χ1v) is 9.66. The fourth-order valence-corrected chi connectivity index (χ4v) is 3.48. The van der Waals surface area contributed by atoms with E-state index >= 15 is 0 Å². The third-order valence-electron chi connectivity index (χ3n) is 5.01. The minimum atomic E-state index is -0.0982. The van der Waals surface area contributed by atoms with Crippen molar-refractivity contribution in [3.05, 3.63) is 119 Å². The zero-order chi connectivity index (χ0) is 21.1. The first-order chi connectivity index (χ1) is 14.5. The van der Waals surface area contributed by atoms with Crippen molar-refractivity contribution in [2.24, 2.45) is 0 Å². The van der Waals surface area contributed by atoms with Crippen molar-refractivity contribution in [3.8, 4) is 11.1 Å². The second-order valence-electron chi connectivity index (χ2n) is 7.23. The predicted octanol–water partition coefficient (Wildman–Crippen LogP) is 5.22. The van der Waals surface area contributed by atoms with Gasteiger partial charge in [0.05, 0.1) is 0 Å². The molecule has 0 unspecified atom stereocenters. The molecular weight excluding hydrogens is 372 g/mol. The summed E-state index contributed by atoms with van der Waals surface area (Å²) in [6, 6.07) is 18.3. The standard InChI is InChI=1S/C26H20N2O2/c1-17-3-5-21(23(15-17)25(29)19-7-11-27-12-8-19)22-6-4-18(2)16-24(22)26(30)20-9-13-28-14-10-20/h3-16H,1-2H3. The van der Waals surface area contributed by atoms with Crippen LogP contribution in [0.4, 0.5) is 0 Å². The normalized spacial score (nSPS) is 10.6. The Labute approximate surface area is 175 Å². The van der Waals surface area contributed by atoms with Gasteiger partial charge in [0.1, 0.15) is 0 Å². The molecular formula is C26H20N2O2. The number of carbonyl (C=O) groups excluding carboxylic acids is 2. The molecule has 0 saturated carbocycles. The Bertz CT molecular complexity index is 1130. The molecule has 2 heterocycles. The van der Waals surface area contributed by atoms with Crippen LogP contribution in [-0.2, 0) is 0 Å². The van der Waals surface area contributed by atoms with Gasteiger partial charge in [-0.25, -0.2) is 0 Å². The highest BCUT2D eigenvalue weighted by atomic mass is 16.1. The molecule has 0 radical (unpaired) electrons. The summed E-state index contributed by atoms with van der Waals surface area (Å²) in [5, 5.41) is 0. The number of pyridine rings is 2. The van der Waals surface area contributed by atoms with Crippen LogP contribution in [0.1, 0.15) is 43.0 Å². The first-order valence-electron chi connectivity index (χ1n) is 9.66. The molecule has 30 heavy (non-hydrogen) atoms. The number of rotatable bonds is 5. The van der Waals surface area contributed by atoms with Crippen molar-refractivity contribution in [1.29, 1.82) is 0 Å². The van der Waals surface area contributed by atoms with E-state index in [1.807, 2.05) is 50.2 Å². The van der Waals surface area contributed by atoms with E-state index in [2.05, 4.69) is 9.97 Å². The SMILES string of the molecule is Cc1ccc(-c2ccc(C)cc2C(=O)c2ccncc2)c(C(=O)c2ccncc2)c1. The van der Waals surface area contributed by atoms with Crippen LogP contribution >= 0.6 is 0 Å². The maximum Gasteiger partial charge on any atom is 0.193 e. The first kappa shape index (κ1) is 19.4. The quantitative estimate of drug-likeness (QED) is 0.437. The van der Waals surface area contributed by atoms with E-state index in [1.54, 1.807) is 49.1 Å². The number of carbonyl (C=O) groups is 2. The van der Waals surface area contributed by atoms with Crippen LogP contribution in [0.3, 0.4) is 0 Å². The summed E-state index contributed by atoms with van der Waals surface area (Å²) in [4.78, 5) is 34.6. The van der Waals surface area contributed by atoms with E-state index in [-0.39, 0.29) is 11.6 Å². The molecule has 0 aliphatic carbocycles. The average Bonchev–Trinajstić information content (AvgIpc) is 2.79. The Kier molecular flexibility index (Phi) is 5.31. The topological polar surface area (TPSA) is 59.9 Å². The highest BCUT2D eigenvalue weighted by Gasteiger charge is 2.20. The van der Waals surface area contributed by atoms with Crippen molar-refractivity contribution in [2.45, 2.75) is 13.8 Å². The van der Waals surface area contributed by atoms with Gasteiger partial charge in [-0.3, -0.25) is 19.6 Å². The molecule has 0 amide bonds. The third kappa shape index (κ3) is 3.80. The van der Waals surface area contributed by atoms with Crippen LogP contribution in [-0.4, -0.2) is 21.5 Å².